The molecule has 0 heterocycles. The quantitative estimate of drug-likeness (QED) is 0.735. The Morgan fingerprint density at radius 1 is 1.00 bits per heavy atom. The van der Waals surface area contributed by atoms with Gasteiger partial charge in [0, 0.05) is 5.92 Å². The molecule has 0 spiro atoms. The molecule has 2 nitrogen and oxygen atoms in total. The number of Topliss-reactive ketones (excluding diaryl/α,β-unsaturated/α-hetero) is 1. The summed E-state index contributed by atoms with van der Waals surface area (Å²) in [4.78, 5) is 11.3. The van der Waals surface area contributed by atoms with Crippen molar-refractivity contribution in [2.24, 2.45) is 5.92 Å². The van der Waals surface area contributed by atoms with Crippen molar-refractivity contribution >= 4 is 5.78 Å². The Bertz CT molecular complexity index is 523. The molecule has 0 aliphatic rings. The van der Waals surface area contributed by atoms with Crippen molar-refractivity contribution in [3.05, 3.63) is 65.7 Å². The first-order chi connectivity index (χ1) is 11.5. The third-order valence-corrected chi connectivity index (χ3v) is 3.57. The third-order valence-electron chi connectivity index (χ3n) is 3.57. The molecule has 132 valence electrons. The van der Waals surface area contributed by atoms with Crippen LogP contribution in [0.25, 0.3) is 0 Å². The van der Waals surface area contributed by atoms with Gasteiger partial charge in [0.05, 0.1) is 0 Å². The van der Waals surface area contributed by atoms with Crippen LogP contribution in [0.3, 0.4) is 0 Å². The Hall–Kier alpha value is -2.09. The number of rotatable bonds is 5. The second kappa shape index (κ2) is 13.4. The summed E-state index contributed by atoms with van der Waals surface area (Å²) < 4.78 is 0. The van der Waals surface area contributed by atoms with E-state index in [1.807, 2.05) is 51.1 Å². The fourth-order valence-corrected chi connectivity index (χ4v) is 2.24. The number of aromatic hydroxyl groups is 1. The molecule has 1 unspecified atom stereocenters. The molecule has 2 heteroatoms. The maximum Gasteiger partial charge on any atom is 0.133 e. The molecule has 0 aliphatic carbocycles. The van der Waals surface area contributed by atoms with Crippen LogP contribution in [-0.2, 0) is 11.2 Å². The van der Waals surface area contributed by atoms with E-state index in [-0.39, 0.29) is 5.92 Å². The number of phenolic OH excluding ortho intramolecular Hbond substituents is 1. The fraction of sp³-hybridized carbons (Fsp3) is 0.409. The minimum absolute atomic E-state index is 0.211. The lowest BCUT2D eigenvalue weighted by Gasteiger charge is -2.12. The van der Waals surface area contributed by atoms with Gasteiger partial charge in [-0.1, -0.05) is 75.2 Å². The molecule has 2 aromatic carbocycles. The highest BCUT2D eigenvalue weighted by Gasteiger charge is 2.13. The molecule has 1 atom stereocenters. The monoisotopic (exact) mass is 328 g/mol. The van der Waals surface area contributed by atoms with E-state index >= 15 is 0 Å². The average Bonchev–Trinajstić information content (AvgIpc) is 2.60. The molecule has 0 saturated heterocycles. The second-order valence-electron chi connectivity index (χ2n) is 5.62. The number of benzene rings is 2. The number of carbonyl (C=O) groups excluding carboxylic acids is 1. The van der Waals surface area contributed by atoms with Crippen molar-refractivity contribution in [3.63, 3.8) is 0 Å². The van der Waals surface area contributed by atoms with Crippen LogP contribution in [0.2, 0.25) is 0 Å². The van der Waals surface area contributed by atoms with Gasteiger partial charge in [0.25, 0.3) is 0 Å². The molecular formula is C22H32O2. The van der Waals surface area contributed by atoms with E-state index in [1.54, 1.807) is 19.1 Å². The number of carbonyl (C=O) groups is 1. The van der Waals surface area contributed by atoms with E-state index in [4.69, 9.17) is 5.11 Å². The zero-order valence-corrected chi connectivity index (χ0v) is 15.8. The number of ketones is 1. The highest BCUT2D eigenvalue weighted by atomic mass is 16.3. The Morgan fingerprint density at radius 2 is 1.54 bits per heavy atom. The highest BCUT2D eigenvalue weighted by Crippen LogP contribution is 2.14. The second-order valence-corrected chi connectivity index (χ2v) is 5.62. The van der Waals surface area contributed by atoms with Crippen molar-refractivity contribution in [1.82, 2.24) is 0 Å². The van der Waals surface area contributed by atoms with Gasteiger partial charge in [0.15, 0.2) is 0 Å². The predicted molar refractivity (Wildman–Crippen MR) is 103 cm³/mol. The maximum atomic E-state index is 11.3. The molecule has 2 aromatic rings. The zero-order valence-electron chi connectivity index (χ0n) is 15.8. The summed E-state index contributed by atoms with van der Waals surface area (Å²) in [7, 11) is 0. The molecule has 0 radical (unpaired) electrons. The van der Waals surface area contributed by atoms with E-state index in [9.17, 15) is 4.79 Å². The minimum atomic E-state index is 0.211. The molecule has 0 amide bonds. The first-order valence-corrected chi connectivity index (χ1v) is 8.83. The van der Waals surface area contributed by atoms with E-state index < -0.39 is 0 Å². The van der Waals surface area contributed by atoms with Crippen LogP contribution >= 0.6 is 0 Å². The Balaban J connectivity index is 0.000000447. The number of hydrogen-bond acceptors (Lipinski definition) is 2. The first-order valence-electron chi connectivity index (χ1n) is 8.83. The summed E-state index contributed by atoms with van der Waals surface area (Å²) in [6.45, 7) is 9.81. The average molecular weight is 328 g/mol. The minimum Gasteiger partial charge on any atom is -0.508 e. The normalized spacial score (nSPS) is 10.5. The van der Waals surface area contributed by atoms with Gasteiger partial charge >= 0.3 is 0 Å². The summed E-state index contributed by atoms with van der Waals surface area (Å²) in [5.41, 5.74) is 2.43. The lowest BCUT2D eigenvalue weighted by molar-refractivity contribution is -0.120. The molecule has 0 bridgehead atoms. The highest BCUT2D eigenvalue weighted by molar-refractivity contribution is 5.78. The Labute approximate surface area is 147 Å². The summed E-state index contributed by atoms with van der Waals surface area (Å²) >= 11 is 0. The van der Waals surface area contributed by atoms with Crippen LogP contribution in [0.4, 0.5) is 0 Å². The standard InChI is InChI=1S/C13H18O.C7H8O.C2H6/c1-3-7-13(11(2)14)10-12-8-5-4-6-9-12;1-6-2-4-7(8)5-3-6;1-2/h4-6,8-9,13H,3,7,10H2,1-2H3;2-5,8H,1H3;1-2H3. The van der Waals surface area contributed by atoms with E-state index in [2.05, 4.69) is 19.1 Å². The zero-order chi connectivity index (χ0) is 18.4. The van der Waals surface area contributed by atoms with Gasteiger partial charge < -0.3 is 5.11 Å². The smallest absolute Gasteiger partial charge is 0.133 e. The predicted octanol–water partition coefficient (Wildman–Crippen LogP) is 5.96. The molecular weight excluding hydrogens is 296 g/mol. The van der Waals surface area contributed by atoms with Crippen LogP contribution in [0.15, 0.2) is 54.6 Å². The summed E-state index contributed by atoms with van der Waals surface area (Å²) in [5, 5.41) is 8.76. The first kappa shape index (κ1) is 21.9. The fourth-order valence-electron chi connectivity index (χ4n) is 2.24. The summed E-state index contributed by atoms with van der Waals surface area (Å²) in [6.07, 6.45) is 2.98. The molecule has 0 aliphatic heterocycles. The maximum absolute atomic E-state index is 11.3. The number of aryl methyl sites for hydroxylation is 1. The molecule has 0 fully saturated rings. The van der Waals surface area contributed by atoms with Crippen LogP contribution in [-0.4, -0.2) is 10.9 Å². The molecule has 24 heavy (non-hydrogen) atoms. The van der Waals surface area contributed by atoms with Gasteiger partial charge in [-0.25, -0.2) is 0 Å². The molecule has 0 aromatic heterocycles. The van der Waals surface area contributed by atoms with Crippen LogP contribution in [0.5, 0.6) is 5.75 Å². The summed E-state index contributed by atoms with van der Waals surface area (Å²) in [5.74, 6) is 0.855. The lowest BCUT2D eigenvalue weighted by atomic mass is 9.92. The SMILES string of the molecule is CC.CCCC(Cc1ccccc1)C(C)=O.Cc1ccc(O)cc1. The van der Waals surface area contributed by atoms with Crippen molar-refractivity contribution in [2.45, 2.75) is 53.9 Å². The van der Waals surface area contributed by atoms with Gasteiger partial charge in [-0.15, -0.1) is 0 Å². The van der Waals surface area contributed by atoms with Crippen LogP contribution < -0.4 is 0 Å². The van der Waals surface area contributed by atoms with Crippen molar-refractivity contribution in [2.75, 3.05) is 0 Å². The van der Waals surface area contributed by atoms with Crippen molar-refractivity contribution in [1.29, 1.82) is 0 Å². The Morgan fingerprint density at radius 3 is 1.96 bits per heavy atom. The number of hydrogen-bond donors (Lipinski definition) is 1. The van der Waals surface area contributed by atoms with Gasteiger partial charge in [-0.2, -0.15) is 0 Å². The number of phenols is 1. The van der Waals surface area contributed by atoms with Gasteiger partial charge in [-0.05, 0) is 44.4 Å². The van der Waals surface area contributed by atoms with E-state index in [0.29, 0.717) is 11.5 Å². The van der Waals surface area contributed by atoms with Gasteiger partial charge in [0.1, 0.15) is 11.5 Å². The lowest BCUT2D eigenvalue weighted by Crippen LogP contribution is -2.13. The molecule has 2 rings (SSSR count). The van der Waals surface area contributed by atoms with E-state index in [1.165, 1.54) is 11.1 Å². The van der Waals surface area contributed by atoms with Gasteiger partial charge in [-0.3, -0.25) is 4.79 Å². The third kappa shape index (κ3) is 9.83. The molecule has 0 saturated carbocycles. The van der Waals surface area contributed by atoms with Crippen molar-refractivity contribution < 1.29 is 9.90 Å². The largest absolute Gasteiger partial charge is 0.508 e. The topological polar surface area (TPSA) is 37.3 Å². The van der Waals surface area contributed by atoms with Crippen LogP contribution in [0, 0.1) is 12.8 Å². The van der Waals surface area contributed by atoms with Crippen molar-refractivity contribution in [3.8, 4) is 5.75 Å². The van der Waals surface area contributed by atoms with E-state index in [0.717, 1.165) is 19.3 Å². The Kier molecular flexibility index (Phi) is 12.2. The summed E-state index contributed by atoms with van der Waals surface area (Å²) in [6, 6.07) is 17.3. The molecule has 1 N–H and O–H groups in total. The van der Waals surface area contributed by atoms with Crippen LogP contribution in [0.1, 0.15) is 51.7 Å². The van der Waals surface area contributed by atoms with Gasteiger partial charge in [0.2, 0.25) is 0 Å².